The van der Waals surface area contributed by atoms with Crippen LogP contribution in [0.5, 0.6) is 0 Å². The van der Waals surface area contributed by atoms with E-state index in [-0.39, 0.29) is 5.91 Å². The van der Waals surface area contributed by atoms with E-state index in [2.05, 4.69) is 0 Å². The number of para-hydroxylation sites is 1. The summed E-state index contributed by atoms with van der Waals surface area (Å²) in [5, 5.41) is 0.301. The molecule has 0 aromatic heterocycles. The molecule has 7 heteroatoms. The molecular weight excluding hydrogens is 348 g/mol. The Morgan fingerprint density at radius 2 is 1.92 bits per heavy atom. The molecule has 0 N–H and O–H groups in total. The SMILES string of the molecule is CN(c1ccc(Cl)c(C(=O)N2CCc3ccccc32)c1)S(C)(=O)=O. The highest BCUT2D eigenvalue weighted by atomic mass is 35.5. The smallest absolute Gasteiger partial charge is 0.259 e. The molecule has 2 aromatic carbocycles. The van der Waals surface area contributed by atoms with Gasteiger partial charge in [-0.1, -0.05) is 29.8 Å². The number of anilines is 2. The second-order valence-corrected chi connectivity index (χ2v) is 8.15. The van der Waals surface area contributed by atoms with Crippen LogP contribution in [0.4, 0.5) is 11.4 Å². The van der Waals surface area contributed by atoms with Gasteiger partial charge in [-0.05, 0) is 36.2 Å². The van der Waals surface area contributed by atoms with Crippen LogP contribution in [0.3, 0.4) is 0 Å². The van der Waals surface area contributed by atoms with Gasteiger partial charge in [-0.15, -0.1) is 0 Å². The van der Waals surface area contributed by atoms with Crippen molar-refractivity contribution in [1.29, 1.82) is 0 Å². The van der Waals surface area contributed by atoms with Gasteiger partial charge in [0.25, 0.3) is 5.91 Å². The molecule has 5 nitrogen and oxygen atoms in total. The Morgan fingerprint density at radius 3 is 2.62 bits per heavy atom. The van der Waals surface area contributed by atoms with Crippen molar-refractivity contribution in [2.24, 2.45) is 0 Å². The summed E-state index contributed by atoms with van der Waals surface area (Å²) in [5.41, 5.74) is 2.69. The number of sulfonamides is 1. The largest absolute Gasteiger partial charge is 0.308 e. The number of carbonyl (C=O) groups excluding carboxylic acids is 1. The molecule has 0 unspecified atom stereocenters. The van der Waals surface area contributed by atoms with Crippen LogP contribution in [0.15, 0.2) is 42.5 Å². The van der Waals surface area contributed by atoms with Gasteiger partial charge in [0.2, 0.25) is 10.0 Å². The highest BCUT2D eigenvalue weighted by Gasteiger charge is 2.27. The molecule has 1 aliphatic rings. The number of amides is 1. The van der Waals surface area contributed by atoms with Crippen molar-refractivity contribution in [1.82, 2.24) is 0 Å². The third-order valence-electron chi connectivity index (χ3n) is 4.17. The minimum atomic E-state index is -3.41. The van der Waals surface area contributed by atoms with E-state index in [1.54, 1.807) is 17.0 Å². The Kier molecular flexibility index (Phi) is 4.27. The summed E-state index contributed by atoms with van der Waals surface area (Å²) in [6.45, 7) is 0.584. The van der Waals surface area contributed by atoms with Crippen LogP contribution >= 0.6 is 11.6 Å². The summed E-state index contributed by atoms with van der Waals surface area (Å²) in [5.74, 6) is -0.228. The van der Waals surface area contributed by atoms with E-state index in [0.717, 1.165) is 28.2 Å². The van der Waals surface area contributed by atoms with Crippen molar-refractivity contribution in [3.63, 3.8) is 0 Å². The molecule has 0 radical (unpaired) electrons. The topological polar surface area (TPSA) is 57.7 Å². The summed E-state index contributed by atoms with van der Waals surface area (Å²) >= 11 is 6.20. The van der Waals surface area contributed by atoms with Crippen LogP contribution in [0.2, 0.25) is 5.02 Å². The molecule has 0 atom stereocenters. The zero-order valence-electron chi connectivity index (χ0n) is 13.4. The van der Waals surface area contributed by atoms with E-state index < -0.39 is 10.0 Å². The molecule has 126 valence electrons. The average Bonchev–Trinajstić information content (AvgIpc) is 2.97. The van der Waals surface area contributed by atoms with Crippen LogP contribution in [-0.2, 0) is 16.4 Å². The van der Waals surface area contributed by atoms with E-state index >= 15 is 0 Å². The number of rotatable bonds is 3. The normalized spacial score (nSPS) is 13.7. The maximum Gasteiger partial charge on any atom is 0.259 e. The number of nitrogens with zero attached hydrogens (tertiary/aromatic N) is 2. The molecule has 1 heterocycles. The summed E-state index contributed by atoms with van der Waals surface area (Å²) in [7, 11) is -1.97. The van der Waals surface area contributed by atoms with E-state index in [4.69, 9.17) is 11.6 Å². The lowest BCUT2D eigenvalue weighted by Gasteiger charge is -2.21. The molecule has 0 saturated heterocycles. The van der Waals surface area contributed by atoms with Gasteiger partial charge in [-0.2, -0.15) is 0 Å². The minimum Gasteiger partial charge on any atom is -0.308 e. The first kappa shape index (κ1) is 16.8. The van der Waals surface area contributed by atoms with E-state index in [1.165, 1.54) is 13.1 Å². The van der Waals surface area contributed by atoms with Crippen LogP contribution in [0.1, 0.15) is 15.9 Å². The van der Waals surface area contributed by atoms with Crippen molar-refractivity contribution in [3.8, 4) is 0 Å². The molecular formula is C17H17ClN2O3S. The molecule has 0 fully saturated rings. The third-order valence-corrected chi connectivity index (χ3v) is 5.71. The van der Waals surface area contributed by atoms with Crippen molar-refractivity contribution < 1.29 is 13.2 Å². The lowest BCUT2D eigenvalue weighted by molar-refractivity contribution is 0.0989. The first-order chi connectivity index (χ1) is 11.3. The van der Waals surface area contributed by atoms with Gasteiger partial charge in [-0.25, -0.2) is 8.42 Å². The summed E-state index contributed by atoms with van der Waals surface area (Å²) < 4.78 is 24.6. The Bertz CT molecular complexity index is 912. The van der Waals surface area contributed by atoms with Gasteiger partial charge in [-0.3, -0.25) is 9.10 Å². The quantitative estimate of drug-likeness (QED) is 0.841. The number of halogens is 1. The zero-order valence-corrected chi connectivity index (χ0v) is 14.9. The van der Waals surface area contributed by atoms with Gasteiger partial charge < -0.3 is 4.90 Å². The first-order valence-corrected chi connectivity index (χ1v) is 9.65. The maximum atomic E-state index is 12.9. The fourth-order valence-electron chi connectivity index (χ4n) is 2.76. The Hall–Kier alpha value is -2.05. The van der Waals surface area contributed by atoms with Gasteiger partial charge in [0.05, 0.1) is 22.5 Å². The maximum absolute atomic E-state index is 12.9. The van der Waals surface area contributed by atoms with Gasteiger partial charge in [0.1, 0.15) is 0 Å². The number of fused-ring (bicyclic) bond motifs is 1. The third kappa shape index (κ3) is 2.99. The zero-order chi connectivity index (χ0) is 17.5. The predicted molar refractivity (Wildman–Crippen MR) is 96.5 cm³/mol. The fraction of sp³-hybridized carbons (Fsp3) is 0.235. The highest BCUT2D eigenvalue weighted by molar-refractivity contribution is 7.92. The molecule has 1 amide bonds. The van der Waals surface area contributed by atoms with Crippen molar-refractivity contribution in [2.75, 3.05) is 29.1 Å². The second-order valence-electron chi connectivity index (χ2n) is 5.73. The monoisotopic (exact) mass is 364 g/mol. The van der Waals surface area contributed by atoms with Crippen LogP contribution in [-0.4, -0.2) is 34.2 Å². The molecule has 3 rings (SSSR count). The van der Waals surface area contributed by atoms with E-state index in [1.807, 2.05) is 24.3 Å². The number of benzene rings is 2. The molecule has 24 heavy (non-hydrogen) atoms. The Morgan fingerprint density at radius 1 is 1.21 bits per heavy atom. The van der Waals surface area contributed by atoms with Crippen LogP contribution in [0, 0.1) is 0 Å². The molecule has 1 aliphatic heterocycles. The van der Waals surface area contributed by atoms with Crippen molar-refractivity contribution in [2.45, 2.75) is 6.42 Å². The van der Waals surface area contributed by atoms with Crippen molar-refractivity contribution >= 4 is 38.9 Å². The predicted octanol–water partition coefficient (Wildman–Crippen LogP) is 2.94. The highest BCUT2D eigenvalue weighted by Crippen LogP contribution is 2.31. The summed E-state index contributed by atoms with van der Waals surface area (Å²) in [4.78, 5) is 14.6. The summed E-state index contributed by atoms with van der Waals surface area (Å²) in [6.07, 6.45) is 1.91. The number of hydrogen-bond donors (Lipinski definition) is 0. The molecule has 0 bridgehead atoms. The second kappa shape index (κ2) is 6.11. The molecule has 0 aliphatic carbocycles. The Balaban J connectivity index is 1.99. The minimum absolute atomic E-state index is 0.228. The first-order valence-electron chi connectivity index (χ1n) is 7.42. The Labute approximate surface area is 146 Å². The van der Waals surface area contributed by atoms with E-state index in [0.29, 0.717) is 22.8 Å². The summed E-state index contributed by atoms with van der Waals surface area (Å²) in [6, 6.07) is 12.4. The number of hydrogen-bond acceptors (Lipinski definition) is 3. The van der Waals surface area contributed by atoms with Gasteiger partial charge in [0, 0.05) is 19.3 Å². The number of carbonyl (C=O) groups is 1. The average molecular weight is 365 g/mol. The molecule has 0 spiro atoms. The standard InChI is InChI=1S/C17H17ClN2O3S/c1-19(24(2,22)23)13-7-8-15(18)14(11-13)17(21)20-10-9-12-5-3-4-6-16(12)20/h3-8,11H,9-10H2,1-2H3. The lowest BCUT2D eigenvalue weighted by atomic mass is 10.1. The van der Waals surface area contributed by atoms with E-state index in [9.17, 15) is 13.2 Å². The fourth-order valence-corrected chi connectivity index (χ4v) is 3.45. The molecule has 2 aromatic rings. The lowest BCUT2D eigenvalue weighted by Crippen LogP contribution is -2.30. The van der Waals surface area contributed by atoms with Crippen LogP contribution in [0.25, 0.3) is 0 Å². The van der Waals surface area contributed by atoms with Gasteiger partial charge >= 0.3 is 0 Å². The molecule has 0 saturated carbocycles. The van der Waals surface area contributed by atoms with Crippen LogP contribution < -0.4 is 9.21 Å². The van der Waals surface area contributed by atoms with Crippen molar-refractivity contribution in [3.05, 3.63) is 58.6 Å². The van der Waals surface area contributed by atoms with Gasteiger partial charge in [0.15, 0.2) is 0 Å².